The number of hydrogen-bond donors (Lipinski definition) is 1. The molecule has 2 aliphatic rings. The van der Waals surface area contributed by atoms with Gasteiger partial charge < -0.3 is 5.11 Å². The second-order valence-corrected chi connectivity index (χ2v) is 7.47. The maximum Gasteiger partial charge on any atom is 0.113 e. The fraction of sp³-hybridized carbons (Fsp3) is 0.500. The van der Waals surface area contributed by atoms with Crippen molar-refractivity contribution in [1.29, 1.82) is 0 Å². The molecule has 2 aliphatic carbocycles. The van der Waals surface area contributed by atoms with E-state index in [2.05, 4.69) is 47.1 Å². The van der Waals surface area contributed by atoms with Gasteiger partial charge in [-0.15, -0.1) is 0 Å². The third kappa shape index (κ3) is 2.33. The third-order valence-corrected chi connectivity index (χ3v) is 6.26. The first-order chi connectivity index (χ1) is 10.7. The van der Waals surface area contributed by atoms with Gasteiger partial charge in [-0.05, 0) is 78.4 Å². The average molecular weight is 361 g/mol. The van der Waals surface area contributed by atoms with Gasteiger partial charge in [0.15, 0.2) is 0 Å². The lowest BCUT2D eigenvalue weighted by molar-refractivity contribution is 0.262. The molecule has 1 aromatic carbocycles. The number of benzene rings is 1. The molecule has 0 saturated heterocycles. The van der Waals surface area contributed by atoms with Crippen molar-refractivity contribution in [1.82, 2.24) is 9.78 Å². The van der Waals surface area contributed by atoms with Crippen LogP contribution < -0.4 is 0 Å². The van der Waals surface area contributed by atoms with E-state index in [0.29, 0.717) is 12.5 Å². The van der Waals surface area contributed by atoms with Crippen LogP contribution in [-0.2, 0) is 12.8 Å². The van der Waals surface area contributed by atoms with Gasteiger partial charge in [-0.25, -0.2) is 4.68 Å². The Hall–Kier alpha value is -1.13. The van der Waals surface area contributed by atoms with Crippen molar-refractivity contribution in [2.24, 2.45) is 17.8 Å². The minimum atomic E-state index is 0.359. The topological polar surface area (TPSA) is 38.0 Å². The average Bonchev–Trinajstić information content (AvgIpc) is 3.08. The number of rotatable bonds is 2. The van der Waals surface area contributed by atoms with E-state index in [9.17, 15) is 5.11 Å². The number of nitrogens with zero attached hydrogens (tertiary/aromatic N) is 2. The van der Waals surface area contributed by atoms with Crippen molar-refractivity contribution in [3.05, 3.63) is 45.7 Å². The number of fused-ring (bicyclic) bond motifs is 2. The van der Waals surface area contributed by atoms with Gasteiger partial charge in [0, 0.05) is 12.2 Å². The highest BCUT2D eigenvalue weighted by atomic mass is 79.9. The lowest BCUT2D eigenvalue weighted by Crippen LogP contribution is -2.00. The van der Waals surface area contributed by atoms with E-state index in [-0.39, 0.29) is 0 Å². The Balaban J connectivity index is 1.65. The summed E-state index contributed by atoms with van der Waals surface area (Å²) in [4.78, 5) is 0. The molecular formula is C18H21BrN2O. The maximum absolute atomic E-state index is 9.43. The molecule has 1 N–H and O–H groups in total. The van der Waals surface area contributed by atoms with Crippen LogP contribution in [0.1, 0.15) is 29.7 Å². The molecule has 0 aliphatic heterocycles. The van der Waals surface area contributed by atoms with Gasteiger partial charge in [-0.2, -0.15) is 5.10 Å². The molecule has 1 aromatic heterocycles. The molecule has 0 unspecified atom stereocenters. The molecule has 0 amide bonds. The first kappa shape index (κ1) is 14.5. The summed E-state index contributed by atoms with van der Waals surface area (Å²) in [5, 5.41) is 14.3. The summed E-state index contributed by atoms with van der Waals surface area (Å²) in [6, 6.07) is 8.50. The van der Waals surface area contributed by atoms with Crippen LogP contribution in [-0.4, -0.2) is 21.5 Å². The van der Waals surface area contributed by atoms with Crippen molar-refractivity contribution < 1.29 is 5.11 Å². The molecule has 0 radical (unpaired) electrons. The Morgan fingerprint density at radius 3 is 2.55 bits per heavy atom. The Morgan fingerprint density at radius 2 is 1.86 bits per heavy atom. The molecule has 3 nitrogen and oxygen atoms in total. The second kappa shape index (κ2) is 5.50. The number of aryl methyl sites for hydroxylation is 2. The van der Waals surface area contributed by atoms with Crippen LogP contribution in [0.4, 0.5) is 0 Å². The van der Waals surface area contributed by atoms with Crippen molar-refractivity contribution in [2.45, 2.75) is 32.6 Å². The first-order valence-electron chi connectivity index (χ1n) is 8.13. The fourth-order valence-corrected chi connectivity index (χ4v) is 4.75. The molecule has 3 atom stereocenters. The highest BCUT2D eigenvalue weighted by Crippen LogP contribution is 2.52. The Bertz CT molecular complexity index is 692. The zero-order valence-electron chi connectivity index (χ0n) is 12.8. The largest absolute Gasteiger partial charge is 0.396 e. The monoisotopic (exact) mass is 360 g/mol. The van der Waals surface area contributed by atoms with E-state index in [0.717, 1.165) is 35.0 Å². The van der Waals surface area contributed by atoms with Gasteiger partial charge in [-0.1, -0.05) is 17.7 Å². The molecule has 0 spiro atoms. The van der Waals surface area contributed by atoms with Gasteiger partial charge in [0.1, 0.15) is 4.60 Å². The van der Waals surface area contributed by atoms with Crippen molar-refractivity contribution in [2.75, 3.05) is 6.61 Å². The van der Waals surface area contributed by atoms with Crippen LogP contribution >= 0.6 is 15.9 Å². The fourth-order valence-electron chi connectivity index (χ4n) is 4.04. The minimum absolute atomic E-state index is 0.359. The smallest absolute Gasteiger partial charge is 0.113 e. The predicted octanol–water partition coefficient (Wildman–Crippen LogP) is 3.68. The van der Waals surface area contributed by atoms with E-state index in [1.54, 1.807) is 0 Å². The molecule has 22 heavy (non-hydrogen) atoms. The molecule has 4 heteroatoms. The zero-order chi connectivity index (χ0) is 15.3. The maximum atomic E-state index is 9.43. The summed E-state index contributed by atoms with van der Waals surface area (Å²) in [6.07, 6.45) is 4.45. The van der Waals surface area contributed by atoms with Gasteiger partial charge in [0.2, 0.25) is 0 Å². The van der Waals surface area contributed by atoms with Crippen LogP contribution in [0.5, 0.6) is 0 Å². The van der Waals surface area contributed by atoms with Gasteiger partial charge in [0.05, 0.1) is 11.4 Å². The summed E-state index contributed by atoms with van der Waals surface area (Å²) < 4.78 is 3.14. The van der Waals surface area contributed by atoms with E-state index >= 15 is 0 Å². The number of halogens is 1. The number of aliphatic hydroxyl groups excluding tert-OH is 1. The van der Waals surface area contributed by atoms with Crippen molar-refractivity contribution >= 4 is 15.9 Å². The normalized spacial score (nSPS) is 26.8. The van der Waals surface area contributed by atoms with Crippen LogP contribution in [0.25, 0.3) is 5.69 Å². The third-order valence-electron chi connectivity index (χ3n) is 5.44. The molecular weight excluding hydrogens is 340 g/mol. The van der Waals surface area contributed by atoms with Crippen LogP contribution in [0, 0.1) is 24.7 Å². The summed E-state index contributed by atoms with van der Waals surface area (Å²) in [7, 11) is 0. The van der Waals surface area contributed by atoms with E-state index in [4.69, 9.17) is 5.10 Å². The summed E-state index contributed by atoms with van der Waals surface area (Å²) in [5.74, 6) is 2.00. The Morgan fingerprint density at radius 1 is 1.18 bits per heavy atom. The Labute approximate surface area is 139 Å². The second-order valence-electron chi connectivity index (χ2n) is 6.71. The molecule has 116 valence electrons. The van der Waals surface area contributed by atoms with Gasteiger partial charge in [0.25, 0.3) is 0 Å². The lowest BCUT2D eigenvalue weighted by atomic mass is 9.99. The molecule has 1 heterocycles. The number of hydrogen-bond acceptors (Lipinski definition) is 2. The zero-order valence-corrected chi connectivity index (χ0v) is 14.4. The molecule has 1 fully saturated rings. The number of aromatic nitrogens is 2. The van der Waals surface area contributed by atoms with E-state index in [1.807, 2.05) is 4.68 Å². The van der Waals surface area contributed by atoms with Crippen molar-refractivity contribution in [3.8, 4) is 5.69 Å². The highest BCUT2D eigenvalue weighted by molar-refractivity contribution is 9.10. The van der Waals surface area contributed by atoms with Crippen LogP contribution in [0.2, 0.25) is 0 Å². The number of aliphatic hydroxyl groups is 1. The summed E-state index contributed by atoms with van der Waals surface area (Å²) >= 11 is 3.77. The lowest BCUT2D eigenvalue weighted by Gasteiger charge is -2.07. The molecule has 0 bridgehead atoms. The van der Waals surface area contributed by atoms with Crippen LogP contribution in [0.15, 0.2) is 28.9 Å². The van der Waals surface area contributed by atoms with Crippen molar-refractivity contribution in [3.63, 3.8) is 0 Å². The predicted molar refractivity (Wildman–Crippen MR) is 90.2 cm³/mol. The summed E-state index contributed by atoms with van der Waals surface area (Å²) in [6.45, 7) is 2.46. The molecule has 2 aromatic rings. The van der Waals surface area contributed by atoms with E-state index < -0.39 is 0 Å². The highest BCUT2D eigenvalue weighted by Gasteiger charge is 2.49. The quantitative estimate of drug-likeness (QED) is 0.886. The van der Waals surface area contributed by atoms with Crippen LogP contribution in [0.3, 0.4) is 0 Å². The Kier molecular flexibility index (Phi) is 3.61. The standard InChI is InChI=1S/C18H21BrN2O/c1-11-2-4-12(5-3-11)21-18(19)15-7-6-13-14(16(13)10-22)8-9-17(15)20-21/h2-5,13-14,16,22H,6-10H2,1H3/t13-,14+,16-/m0/s1. The van der Waals surface area contributed by atoms with E-state index in [1.165, 1.54) is 29.7 Å². The SMILES string of the molecule is Cc1ccc(-n2nc3c(c2Br)CC[C@@H]2[C@H](CO)[C@@H]2CC3)cc1. The van der Waals surface area contributed by atoms with Gasteiger partial charge in [-0.3, -0.25) is 0 Å². The first-order valence-corrected chi connectivity index (χ1v) is 8.92. The molecule has 1 saturated carbocycles. The molecule has 4 rings (SSSR count). The minimum Gasteiger partial charge on any atom is -0.396 e. The van der Waals surface area contributed by atoms with Gasteiger partial charge >= 0.3 is 0 Å². The summed E-state index contributed by atoms with van der Waals surface area (Å²) in [5.41, 5.74) is 4.97.